The van der Waals surface area contributed by atoms with Gasteiger partial charge < -0.3 is 14.7 Å². The molecule has 0 radical (unpaired) electrons. The molecule has 0 saturated heterocycles. The van der Waals surface area contributed by atoms with Gasteiger partial charge in [0.05, 0.1) is 6.54 Å². The number of aromatic nitrogens is 2. The molecular formula is C22H23ClN4O2. The van der Waals surface area contributed by atoms with Crippen molar-refractivity contribution in [1.82, 2.24) is 15.5 Å². The van der Waals surface area contributed by atoms with E-state index in [4.69, 9.17) is 16.1 Å². The maximum atomic E-state index is 12.6. The molecule has 2 heterocycles. The van der Waals surface area contributed by atoms with Crippen LogP contribution in [0, 0.1) is 0 Å². The molecule has 3 aromatic rings. The van der Waals surface area contributed by atoms with Crippen molar-refractivity contribution in [3.63, 3.8) is 0 Å². The lowest BCUT2D eigenvalue weighted by Gasteiger charge is -2.31. The van der Waals surface area contributed by atoms with Crippen LogP contribution in [-0.4, -0.2) is 28.6 Å². The number of amides is 1. The fourth-order valence-electron chi connectivity index (χ4n) is 3.64. The smallest absolute Gasteiger partial charge is 0.251 e. The SMILES string of the molecule is CC(C)NC(=O)c1cccc2c1CCCN2Cc1nc(-c2cccc(Cl)c2)no1. The van der Waals surface area contributed by atoms with Gasteiger partial charge in [-0.3, -0.25) is 4.79 Å². The van der Waals surface area contributed by atoms with E-state index in [1.165, 1.54) is 0 Å². The Hall–Kier alpha value is -2.86. The van der Waals surface area contributed by atoms with Crippen molar-refractivity contribution in [3.05, 3.63) is 64.5 Å². The summed E-state index contributed by atoms with van der Waals surface area (Å²) >= 11 is 6.06. The molecule has 1 aliphatic rings. The van der Waals surface area contributed by atoms with E-state index in [-0.39, 0.29) is 11.9 Å². The summed E-state index contributed by atoms with van der Waals surface area (Å²) in [6, 6.07) is 13.3. The number of carbonyl (C=O) groups is 1. The summed E-state index contributed by atoms with van der Waals surface area (Å²) in [5.41, 5.74) is 3.69. The number of carbonyl (C=O) groups excluding carboxylic acids is 1. The molecule has 7 heteroatoms. The van der Waals surface area contributed by atoms with Crippen molar-refractivity contribution in [2.75, 3.05) is 11.4 Å². The van der Waals surface area contributed by atoms with Gasteiger partial charge in [0.25, 0.3) is 5.91 Å². The molecule has 0 unspecified atom stereocenters. The number of hydrogen-bond donors (Lipinski definition) is 1. The topological polar surface area (TPSA) is 71.3 Å². The van der Waals surface area contributed by atoms with Crippen molar-refractivity contribution >= 4 is 23.2 Å². The van der Waals surface area contributed by atoms with Gasteiger partial charge >= 0.3 is 0 Å². The molecule has 0 atom stereocenters. The van der Waals surface area contributed by atoms with Gasteiger partial charge in [0.1, 0.15) is 0 Å². The lowest BCUT2D eigenvalue weighted by molar-refractivity contribution is 0.0942. The van der Waals surface area contributed by atoms with Gasteiger partial charge in [-0.05, 0) is 56.5 Å². The van der Waals surface area contributed by atoms with E-state index >= 15 is 0 Å². The van der Waals surface area contributed by atoms with Crippen LogP contribution >= 0.6 is 11.6 Å². The first-order valence-electron chi connectivity index (χ1n) is 9.77. The Morgan fingerprint density at radius 3 is 2.90 bits per heavy atom. The number of rotatable bonds is 5. The van der Waals surface area contributed by atoms with E-state index in [0.717, 1.165) is 41.8 Å². The van der Waals surface area contributed by atoms with Gasteiger partial charge in [-0.2, -0.15) is 4.98 Å². The highest BCUT2D eigenvalue weighted by Crippen LogP contribution is 2.31. The molecule has 0 spiro atoms. The molecule has 150 valence electrons. The molecule has 2 aromatic carbocycles. The van der Waals surface area contributed by atoms with Crippen LogP contribution in [0.2, 0.25) is 5.02 Å². The van der Waals surface area contributed by atoms with Gasteiger partial charge in [0, 0.05) is 34.4 Å². The van der Waals surface area contributed by atoms with Gasteiger partial charge in [0.15, 0.2) is 0 Å². The summed E-state index contributed by atoms with van der Waals surface area (Å²) in [6.45, 7) is 5.30. The number of hydrogen-bond acceptors (Lipinski definition) is 5. The summed E-state index contributed by atoms with van der Waals surface area (Å²) in [5.74, 6) is 1.02. The second kappa shape index (κ2) is 8.25. The highest BCUT2D eigenvalue weighted by molar-refractivity contribution is 6.30. The van der Waals surface area contributed by atoms with Crippen LogP contribution in [0.3, 0.4) is 0 Å². The average Bonchev–Trinajstić information content (AvgIpc) is 3.16. The van der Waals surface area contributed by atoms with E-state index in [2.05, 4.69) is 26.4 Å². The Balaban J connectivity index is 1.57. The van der Waals surface area contributed by atoms with Gasteiger partial charge in [-0.25, -0.2) is 0 Å². The monoisotopic (exact) mass is 410 g/mol. The predicted molar refractivity (Wildman–Crippen MR) is 113 cm³/mol. The number of anilines is 1. The Bertz CT molecular complexity index is 1030. The maximum absolute atomic E-state index is 12.6. The zero-order valence-electron chi connectivity index (χ0n) is 16.5. The van der Waals surface area contributed by atoms with Crippen molar-refractivity contribution in [1.29, 1.82) is 0 Å². The summed E-state index contributed by atoms with van der Waals surface area (Å²) < 4.78 is 5.48. The largest absolute Gasteiger partial charge is 0.362 e. The van der Waals surface area contributed by atoms with E-state index in [1.54, 1.807) is 0 Å². The van der Waals surface area contributed by atoms with Gasteiger partial charge in [-0.1, -0.05) is 35.0 Å². The van der Waals surface area contributed by atoms with Crippen molar-refractivity contribution in [2.45, 2.75) is 39.3 Å². The second-order valence-electron chi connectivity index (χ2n) is 7.48. The zero-order chi connectivity index (χ0) is 20.4. The third-order valence-corrected chi connectivity index (χ3v) is 5.12. The van der Waals surface area contributed by atoms with Crippen molar-refractivity contribution in [3.8, 4) is 11.4 Å². The quantitative estimate of drug-likeness (QED) is 0.671. The number of benzene rings is 2. The zero-order valence-corrected chi connectivity index (χ0v) is 17.2. The lowest BCUT2D eigenvalue weighted by atomic mass is 9.95. The van der Waals surface area contributed by atoms with Crippen LogP contribution in [0.5, 0.6) is 0 Å². The Kier molecular flexibility index (Phi) is 5.53. The highest BCUT2D eigenvalue weighted by atomic mass is 35.5. The minimum Gasteiger partial charge on any atom is -0.362 e. The maximum Gasteiger partial charge on any atom is 0.251 e. The first kappa shape index (κ1) is 19.5. The molecule has 29 heavy (non-hydrogen) atoms. The Morgan fingerprint density at radius 2 is 2.10 bits per heavy atom. The fraction of sp³-hybridized carbons (Fsp3) is 0.318. The van der Waals surface area contributed by atoms with Crippen LogP contribution in [0.15, 0.2) is 47.0 Å². The standard InChI is InChI=1S/C22H23ClN4O2/c1-14(2)24-22(28)18-8-4-10-19-17(18)9-5-11-27(19)13-20-25-21(26-29-20)15-6-3-7-16(23)12-15/h3-4,6-8,10,12,14H,5,9,11,13H2,1-2H3,(H,24,28). The summed E-state index contributed by atoms with van der Waals surface area (Å²) in [6.07, 6.45) is 1.85. The van der Waals surface area contributed by atoms with Gasteiger partial charge in [0.2, 0.25) is 11.7 Å². The molecule has 1 aliphatic heterocycles. The molecule has 0 fully saturated rings. The normalized spacial score (nSPS) is 13.4. The first-order valence-corrected chi connectivity index (χ1v) is 10.2. The van der Waals surface area contributed by atoms with Crippen LogP contribution < -0.4 is 10.2 Å². The van der Waals surface area contributed by atoms with Crippen LogP contribution in [-0.2, 0) is 13.0 Å². The number of fused-ring (bicyclic) bond motifs is 1. The van der Waals surface area contributed by atoms with Crippen molar-refractivity contribution < 1.29 is 9.32 Å². The molecule has 1 N–H and O–H groups in total. The van der Waals surface area contributed by atoms with Crippen LogP contribution in [0.4, 0.5) is 5.69 Å². The first-order chi connectivity index (χ1) is 14.0. The number of nitrogens with one attached hydrogen (secondary N) is 1. The average molecular weight is 411 g/mol. The minimum atomic E-state index is -0.0280. The van der Waals surface area contributed by atoms with Crippen LogP contribution in [0.25, 0.3) is 11.4 Å². The fourth-order valence-corrected chi connectivity index (χ4v) is 3.84. The van der Waals surface area contributed by atoms with E-state index in [9.17, 15) is 4.79 Å². The van der Waals surface area contributed by atoms with E-state index < -0.39 is 0 Å². The van der Waals surface area contributed by atoms with E-state index in [0.29, 0.717) is 23.3 Å². The minimum absolute atomic E-state index is 0.0280. The second-order valence-corrected chi connectivity index (χ2v) is 7.92. The summed E-state index contributed by atoms with van der Waals surface area (Å²) in [7, 11) is 0. The number of nitrogens with zero attached hydrogens (tertiary/aromatic N) is 3. The molecule has 0 saturated carbocycles. The Morgan fingerprint density at radius 1 is 1.28 bits per heavy atom. The predicted octanol–water partition coefficient (Wildman–Crippen LogP) is 4.48. The molecule has 0 bridgehead atoms. The number of halogens is 1. The third-order valence-electron chi connectivity index (χ3n) is 4.89. The molecule has 0 aliphatic carbocycles. The molecule has 1 amide bonds. The van der Waals surface area contributed by atoms with E-state index in [1.807, 2.05) is 50.2 Å². The molecule has 4 rings (SSSR count). The molecule has 6 nitrogen and oxygen atoms in total. The highest BCUT2D eigenvalue weighted by Gasteiger charge is 2.24. The molecule has 1 aromatic heterocycles. The molecular weight excluding hydrogens is 388 g/mol. The van der Waals surface area contributed by atoms with Gasteiger partial charge in [-0.15, -0.1) is 0 Å². The summed E-state index contributed by atoms with van der Waals surface area (Å²) in [4.78, 5) is 19.3. The Labute approximate surface area is 174 Å². The van der Waals surface area contributed by atoms with Crippen LogP contribution in [0.1, 0.15) is 42.1 Å². The summed E-state index contributed by atoms with van der Waals surface area (Å²) in [5, 5.41) is 7.71. The lowest BCUT2D eigenvalue weighted by Crippen LogP contribution is -2.34. The third kappa shape index (κ3) is 4.27. The van der Waals surface area contributed by atoms with Crippen molar-refractivity contribution in [2.24, 2.45) is 0 Å².